The molecule has 0 heterocycles. The number of halogens is 3. The third-order valence-electron chi connectivity index (χ3n) is 3.36. The standard InChI is InChI=1S/C17H17F3N2O2/c1-11(21-14-9-5-6-10-15(14)24-2)16(23)22-13-8-4-3-7-12(13)17(18,19)20/h3-11,21H,1-2H3,(H,22,23)/t11-/m0/s1. The summed E-state index contributed by atoms with van der Waals surface area (Å²) in [5, 5.41) is 5.23. The van der Waals surface area contributed by atoms with Crippen LogP contribution in [0.5, 0.6) is 5.75 Å². The van der Waals surface area contributed by atoms with Gasteiger partial charge in [0.1, 0.15) is 11.8 Å². The first-order valence-corrected chi connectivity index (χ1v) is 7.19. The van der Waals surface area contributed by atoms with E-state index in [1.807, 2.05) is 0 Å². The summed E-state index contributed by atoms with van der Waals surface area (Å²) < 4.78 is 44.1. The van der Waals surface area contributed by atoms with E-state index in [4.69, 9.17) is 4.74 Å². The fourth-order valence-electron chi connectivity index (χ4n) is 2.14. The van der Waals surface area contributed by atoms with E-state index in [9.17, 15) is 18.0 Å². The molecule has 0 aliphatic heterocycles. The molecule has 0 spiro atoms. The van der Waals surface area contributed by atoms with Crippen LogP contribution in [0.1, 0.15) is 12.5 Å². The number of carbonyl (C=O) groups is 1. The number of para-hydroxylation sites is 3. The Morgan fingerprint density at radius 2 is 1.62 bits per heavy atom. The van der Waals surface area contributed by atoms with Crippen LogP contribution in [0, 0.1) is 0 Å². The Balaban J connectivity index is 2.13. The smallest absolute Gasteiger partial charge is 0.418 e. The molecule has 0 aliphatic carbocycles. The molecular weight excluding hydrogens is 321 g/mol. The van der Waals surface area contributed by atoms with Crippen molar-refractivity contribution in [1.29, 1.82) is 0 Å². The van der Waals surface area contributed by atoms with E-state index >= 15 is 0 Å². The lowest BCUT2D eigenvalue weighted by Crippen LogP contribution is -2.32. The van der Waals surface area contributed by atoms with Crippen LogP contribution in [0.3, 0.4) is 0 Å². The highest BCUT2D eigenvalue weighted by atomic mass is 19.4. The Labute approximate surface area is 137 Å². The zero-order valence-corrected chi connectivity index (χ0v) is 13.1. The first kappa shape index (κ1) is 17.7. The molecule has 2 N–H and O–H groups in total. The van der Waals surface area contributed by atoms with Gasteiger partial charge >= 0.3 is 6.18 Å². The average Bonchev–Trinajstić information content (AvgIpc) is 2.54. The van der Waals surface area contributed by atoms with Gasteiger partial charge in [0.05, 0.1) is 24.0 Å². The van der Waals surface area contributed by atoms with Gasteiger partial charge in [0, 0.05) is 0 Å². The van der Waals surface area contributed by atoms with Crippen molar-refractivity contribution >= 4 is 17.3 Å². The number of anilines is 2. The lowest BCUT2D eigenvalue weighted by Gasteiger charge is -2.19. The van der Waals surface area contributed by atoms with Crippen LogP contribution in [-0.4, -0.2) is 19.1 Å². The number of hydrogen-bond donors (Lipinski definition) is 2. The molecule has 1 atom stereocenters. The largest absolute Gasteiger partial charge is 0.495 e. The van der Waals surface area contributed by atoms with Crippen LogP contribution < -0.4 is 15.4 Å². The van der Waals surface area contributed by atoms with Crippen molar-refractivity contribution in [2.24, 2.45) is 0 Å². The molecule has 2 aromatic carbocycles. The van der Waals surface area contributed by atoms with Crippen LogP contribution in [0.4, 0.5) is 24.5 Å². The Hall–Kier alpha value is -2.70. The van der Waals surface area contributed by atoms with Crippen molar-refractivity contribution in [2.75, 3.05) is 17.7 Å². The average molecular weight is 338 g/mol. The summed E-state index contributed by atoms with van der Waals surface area (Å²) in [6, 6.07) is 11.0. The highest BCUT2D eigenvalue weighted by Crippen LogP contribution is 2.34. The van der Waals surface area contributed by atoms with E-state index in [2.05, 4.69) is 10.6 Å². The van der Waals surface area contributed by atoms with Gasteiger partial charge in [-0.25, -0.2) is 0 Å². The van der Waals surface area contributed by atoms with Gasteiger partial charge < -0.3 is 15.4 Å². The number of ether oxygens (including phenoxy) is 1. The molecule has 0 radical (unpaired) electrons. The lowest BCUT2D eigenvalue weighted by molar-refractivity contribution is -0.137. The molecule has 128 valence electrons. The number of benzene rings is 2. The first-order chi connectivity index (χ1) is 11.3. The Bertz CT molecular complexity index is 717. The van der Waals surface area contributed by atoms with Gasteiger partial charge in [0.25, 0.3) is 0 Å². The minimum absolute atomic E-state index is 0.274. The van der Waals surface area contributed by atoms with Gasteiger partial charge in [-0.3, -0.25) is 4.79 Å². The van der Waals surface area contributed by atoms with Crippen LogP contribution in [0.25, 0.3) is 0 Å². The molecule has 1 amide bonds. The van der Waals surface area contributed by atoms with Gasteiger partial charge in [-0.15, -0.1) is 0 Å². The zero-order valence-electron chi connectivity index (χ0n) is 13.1. The summed E-state index contributed by atoms with van der Waals surface area (Å²) in [6.45, 7) is 1.55. The number of hydrogen-bond acceptors (Lipinski definition) is 3. The molecule has 0 saturated heterocycles. The molecule has 7 heteroatoms. The van der Waals surface area contributed by atoms with E-state index in [0.29, 0.717) is 11.4 Å². The molecule has 0 aromatic heterocycles. The third-order valence-corrected chi connectivity index (χ3v) is 3.36. The molecule has 4 nitrogen and oxygen atoms in total. The molecule has 24 heavy (non-hydrogen) atoms. The normalized spacial score (nSPS) is 12.4. The summed E-state index contributed by atoms with van der Waals surface area (Å²) in [6.07, 6.45) is -4.54. The van der Waals surface area contributed by atoms with E-state index in [0.717, 1.165) is 6.07 Å². The Morgan fingerprint density at radius 3 is 2.25 bits per heavy atom. The molecule has 0 saturated carbocycles. The van der Waals surface area contributed by atoms with E-state index in [1.165, 1.54) is 25.3 Å². The van der Waals surface area contributed by atoms with Gasteiger partial charge in [-0.2, -0.15) is 13.2 Å². The summed E-state index contributed by atoms with van der Waals surface area (Å²) in [7, 11) is 1.49. The summed E-state index contributed by atoms with van der Waals surface area (Å²) in [5.74, 6) is -0.0505. The first-order valence-electron chi connectivity index (χ1n) is 7.19. The predicted octanol–water partition coefficient (Wildman–Crippen LogP) is 4.15. The van der Waals surface area contributed by atoms with Crippen molar-refractivity contribution in [3.8, 4) is 5.75 Å². The third kappa shape index (κ3) is 4.18. The van der Waals surface area contributed by atoms with Gasteiger partial charge in [-0.05, 0) is 31.2 Å². The summed E-state index contributed by atoms with van der Waals surface area (Å²) >= 11 is 0. The molecule has 0 fully saturated rings. The van der Waals surface area contributed by atoms with Crippen molar-refractivity contribution in [1.82, 2.24) is 0 Å². The van der Waals surface area contributed by atoms with Crippen molar-refractivity contribution in [3.05, 3.63) is 54.1 Å². The van der Waals surface area contributed by atoms with Crippen LogP contribution >= 0.6 is 0 Å². The molecule has 2 rings (SSSR count). The van der Waals surface area contributed by atoms with Crippen LogP contribution in [0.15, 0.2) is 48.5 Å². The topological polar surface area (TPSA) is 50.4 Å². The molecule has 0 unspecified atom stereocenters. The minimum Gasteiger partial charge on any atom is -0.495 e. The highest BCUT2D eigenvalue weighted by molar-refractivity contribution is 5.97. The summed E-state index contributed by atoms with van der Waals surface area (Å²) in [4.78, 5) is 12.2. The number of alkyl halides is 3. The number of rotatable bonds is 5. The van der Waals surface area contributed by atoms with Crippen LogP contribution in [0.2, 0.25) is 0 Å². The fraction of sp³-hybridized carbons (Fsp3) is 0.235. The monoisotopic (exact) mass is 338 g/mol. The van der Waals surface area contributed by atoms with E-state index in [-0.39, 0.29) is 5.69 Å². The highest BCUT2D eigenvalue weighted by Gasteiger charge is 2.33. The fourth-order valence-corrected chi connectivity index (χ4v) is 2.14. The van der Waals surface area contributed by atoms with Gasteiger partial charge in [-0.1, -0.05) is 24.3 Å². The second-order valence-corrected chi connectivity index (χ2v) is 5.10. The predicted molar refractivity (Wildman–Crippen MR) is 86.2 cm³/mol. The van der Waals surface area contributed by atoms with Crippen molar-refractivity contribution in [3.63, 3.8) is 0 Å². The minimum atomic E-state index is -4.54. The molecule has 0 aliphatic rings. The van der Waals surface area contributed by atoms with E-state index < -0.39 is 23.7 Å². The second-order valence-electron chi connectivity index (χ2n) is 5.10. The second kappa shape index (κ2) is 7.25. The van der Waals surface area contributed by atoms with Crippen LogP contribution in [-0.2, 0) is 11.0 Å². The lowest BCUT2D eigenvalue weighted by atomic mass is 10.1. The zero-order chi connectivity index (χ0) is 17.7. The molecule has 0 bridgehead atoms. The molecule has 2 aromatic rings. The number of amides is 1. The maximum Gasteiger partial charge on any atom is 0.418 e. The van der Waals surface area contributed by atoms with Gasteiger partial charge in [0.2, 0.25) is 5.91 Å². The van der Waals surface area contributed by atoms with Crippen molar-refractivity contribution < 1.29 is 22.7 Å². The Kier molecular flexibility index (Phi) is 5.33. The number of nitrogens with one attached hydrogen (secondary N) is 2. The van der Waals surface area contributed by atoms with Gasteiger partial charge in [0.15, 0.2) is 0 Å². The maximum absolute atomic E-state index is 13.0. The van der Waals surface area contributed by atoms with Crippen molar-refractivity contribution in [2.45, 2.75) is 19.1 Å². The number of methoxy groups -OCH3 is 1. The summed E-state index contributed by atoms with van der Waals surface area (Å²) in [5.41, 5.74) is -0.585. The Morgan fingerprint density at radius 1 is 1.04 bits per heavy atom. The van der Waals surface area contributed by atoms with E-state index in [1.54, 1.807) is 31.2 Å². The number of carbonyl (C=O) groups excluding carboxylic acids is 1. The molecular formula is C17H17F3N2O2. The SMILES string of the molecule is COc1ccccc1N[C@@H](C)C(=O)Nc1ccccc1C(F)(F)F. The maximum atomic E-state index is 13.0. The quantitative estimate of drug-likeness (QED) is 0.861.